The van der Waals surface area contributed by atoms with E-state index in [9.17, 15) is 4.79 Å². The normalized spacial score (nSPS) is 13.4. The van der Waals surface area contributed by atoms with Crippen LogP contribution >= 0.6 is 0 Å². The summed E-state index contributed by atoms with van der Waals surface area (Å²) in [6, 6.07) is 19.0. The van der Waals surface area contributed by atoms with Gasteiger partial charge in [-0.1, -0.05) is 88.4 Å². The van der Waals surface area contributed by atoms with E-state index in [1.54, 1.807) is 0 Å². The molecule has 0 amide bonds. The van der Waals surface area contributed by atoms with Crippen molar-refractivity contribution in [3.63, 3.8) is 0 Å². The molecule has 0 fully saturated rings. The fourth-order valence-corrected chi connectivity index (χ4v) is 3.96. The van der Waals surface area contributed by atoms with Crippen LogP contribution in [0.5, 0.6) is 0 Å². The molecule has 5 heteroatoms. The van der Waals surface area contributed by atoms with Crippen molar-refractivity contribution in [2.24, 2.45) is 0 Å². The second kappa shape index (κ2) is 15.0. The van der Waals surface area contributed by atoms with Crippen LogP contribution < -0.4 is 0 Å². The number of ketones is 1. The summed E-state index contributed by atoms with van der Waals surface area (Å²) in [4.78, 5) is 18.6. The topological polar surface area (TPSA) is 42.0 Å². The monoisotopic (exact) mass is 454 g/mol. The molecule has 0 saturated carbocycles. The Morgan fingerprint density at radius 3 is 1.79 bits per heavy atom. The third-order valence-corrected chi connectivity index (χ3v) is 6.16. The molecule has 5 nitrogen and oxygen atoms in total. The van der Waals surface area contributed by atoms with E-state index in [0.29, 0.717) is 18.8 Å². The smallest absolute Gasteiger partial charge is 0.261 e. The SMILES string of the molecule is CCN(CC)CCCCOC(OCCN(CC)CC)(C(=O)c1ccccc1)c1ccccc1. The molecule has 33 heavy (non-hydrogen) atoms. The summed E-state index contributed by atoms with van der Waals surface area (Å²) >= 11 is 0. The van der Waals surface area contributed by atoms with E-state index in [2.05, 4.69) is 37.5 Å². The highest BCUT2D eigenvalue weighted by Crippen LogP contribution is 2.32. The molecule has 0 aliphatic carbocycles. The van der Waals surface area contributed by atoms with Gasteiger partial charge in [-0.2, -0.15) is 0 Å². The van der Waals surface area contributed by atoms with Crippen molar-refractivity contribution in [1.82, 2.24) is 9.80 Å². The van der Waals surface area contributed by atoms with E-state index < -0.39 is 5.79 Å². The largest absolute Gasteiger partial charge is 0.340 e. The first kappa shape index (κ1) is 27.2. The lowest BCUT2D eigenvalue weighted by Crippen LogP contribution is -2.44. The molecule has 2 rings (SSSR count). The van der Waals surface area contributed by atoms with Crippen LogP contribution in [0.25, 0.3) is 0 Å². The summed E-state index contributed by atoms with van der Waals surface area (Å²) in [7, 11) is 0. The van der Waals surface area contributed by atoms with E-state index in [-0.39, 0.29) is 5.78 Å². The number of nitrogens with zero attached hydrogens (tertiary/aromatic N) is 2. The summed E-state index contributed by atoms with van der Waals surface area (Å²) in [6.07, 6.45) is 1.89. The molecule has 1 unspecified atom stereocenters. The van der Waals surface area contributed by atoms with Crippen LogP contribution in [0.1, 0.15) is 56.5 Å². The maximum absolute atomic E-state index is 13.9. The fourth-order valence-electron chi connectivity index (χ4n) is 3.96. The van der Waals surface area contributed by atoms with Crippen LogP contribution in [0.2, 0.25) is 0 Å². The minimum atomic E-state index is -1.45. The number of Topliss-reactive ketones (excluding diaryl/α,β-unsaturated/α-hetero) is 1. The van der Waals surface area contributed by atoms with Gasteiger partial charge in [-0.05, 0) is 45.6 Å². The van der Waals surface area contributed by atoms with Gasteiger partial charge < -0.3 is 19.3 Å². The number of unbranched alkanes of at least 4 members (excludes halogenated alkanes) is 1. The number of rotatable bonds is 17. The first-order valence-electron chi connectivity index (χ1n) is 12.5. The van der Waals surface area contributed by atoms with E-state index in [1.165, 1.54) is 0 Å². The molecule has 2 aromatic rings. The molecule has 0 heterocycles. The van der Waals surface area contributed by atoms with Gasteiger partial charge in [0.15, 0.2) is 0 Å². The Labute approximate surface area is 200 Å². The van der Waals surface area contributed by atoms with Crippen molar-refractivity contribution in [3.05, 3.63) is 71.8 Å². The number of carbonyl (C=O) groups excluding carboxylic acids is 1. The quantitative estimate of drug-likeness (QED) is 0.186. The predicted molar refractivity (Wildman–Crippen MR) is 136 cm³/mol. The van der Waals surface area contributed by atoms with Crippen LogP contribution in [0.3, 0.4) is 0 Å². The molecule has 2 aromatic carbocycles. The number of ether oxygens (including phenoxy) is 2. The van der Waals surface area contributed by atoms with Gasteiger partial charge in [0.1, 0.15) is 0 Å². The number of likely N-dealkylation sites (N-methyl/N-ethyl adjacent to an activating group) is 1. The molecular weight excluding hydrogens is 412 g/mol. The van der Waals surface area contributed by atoms with Gasteiger partial charge in [-0.3, -0.25) is 4.79 Å². The average Bonchev–Trinajstić information content (AvgIpc) is 2.88. The molecule has 0 aliphatic heterocycles. The molecule has 0 bridgehead atoms. The summed E-state index contributed by atoms with van der Waals surface area (Å²) in [5, 5.41) is 0. The van der Waals surface area contributed by atoms with Gasteiger partial charge in [-0.25, -0.2) is 0 Å². The van der Waals surface area contributed by atoms with Gasteiger partial charge in [-0.15, -0.1) is 0 Å². The summed E-state index contributed by atoms with van der Waals surface area (Å²) in [5.74, 6) is -1.61. The molecule has 0 radical (unpaired) electrons. The number of hydrogen-bond acceptors (Lipinski definition) is 5. The lowest BCUT2D eigenvalue weighted by molar-refractivity contribution is -0.211. The van der Waals surface area contributed by atoms with E-state index in [1.807, 2.05) is 60.7 Å². The van der Waals surface area contributed by atoms with Crippen LogP contribution in [-0.4, -0.2) is 68.1 Å². The summed E-state index contributed by atoms with van der Waals surface area (Å²) in [6.45, 7) is 15.3. The Morgan fingerprint density at radius 1 is 0.697 bits per heavy atom. The van der Waals surface area contributed by atoms with Gasteiger partial charge >= 0.3 is 0 Å². The highest BCUT2D eigenvalue weighted by molar-refractivity contribution is 6.02. The van der Waals surface area contributed by atoms with E-state index in [4.69, 9.17) is 9.47 Å². The number of carbonyl (C=O) groups is 1. The lowest BCUT2D eigenvalue weighted by atomic mass is 9.95. The zero-order valence-electron chi connectivity index (χ0n) is 21.0. The zero-order valence-corrected chi connectivity index (χ0v) is 21.0. The Kier molecular flexibility index (Phi) is 12.3. The van der Waals surface area contributed by atoms with Crippen LogP contribution in [0.4, 0.5) is 0 Å². The van der Waals surface area contributed by atoms with Gasteiger partial charge in [0, 0.05) is 17.7 Å². The van der Waals surface area contributed by atoms with Crippen LogP contribution in [0, 0.1) is 0 Å². The third kappa shape index (κ3) is 8.04. The van der Waals surface area contributed by atoms with Crippen molar-refractivity contribution in [2.45, 2.75) is 46.3 Å². The molecule has 0 saturated heterocycles. The van der Waals surface area contributed by atoms with Crippen molar-refractivity contribution in [1.29, 1.82) is 0 Å². The highest BCUT2D eigenvalue weighted by atomic mass is 16.7. The standard InChI is InChI=1S/C28H42N2O3/c1-5-29(6-2)21-15-16-23-32-28(26-19-13-10-14-20-26,33-24-22-30(7-3)8-4)27(31)25-17-11-9-12-18-25/h9-14,17-20H,5-8,15-16,21-24H2,1-4H3. The number of hydrogen-bond donors (Lipinski definition) is 0. The first-order valence-corrected chi connectivity index (χ1v) is 12.5. The highest BCUT2D eigenvalue weighted by Gasteiger charge is 2.43. The Hall–Kier alpha value is -2.05. The van der Waals surface area contributed by atoms with Gasteiger partial charge in [0.2, 0.25) is 5.78 Å². The molecule has 0 N–H and O–H groups in total. The Balaban J connectivity index is 2.26. The minimum Gasteiger partial charge on any atom is -0.340 e. The van der Waals surface area contributed by atoms with Gasteiger partial charge in [0.05, 0.1) is 13.2 Å². The Morgan fingerprint density at radius 2 is 1.21 bits per heavy atom. The van der Waals surface area contributed by atoms with Crippen molar-refractivity contribution in [3.8, 4) is 0 Å². The molecule has 1 atom stereocenters. The van der Waals surface area contributed by atoms with E-state index in [0.717, 1.165) is 57.7 Å². The second-order valence-electron chi connectivity index (χ2n) is 8.14. The Bertz CT molecular complexity index is 776. The van der Waals surface area contributed by atoms with E-state index >= 15 is 0 Å². The minimum absolute atomic E-state index is 0.155. The van der Waals surface area contributed by atoms with Crippen LogP contribution in [0.15, 0.2) is 60.7 Å². The van der Waals surface area contributed by atoms with Crippen molar-refractivity contribution in [2.75, 3.05) is 52.5 Å². The maximum Gasteiger partial charge on any atom is 0.261 e. The van der Waals surface area contributed by atoms with Gasteiger partial charge in [0.25, 0.3) is 5.79 Å². The average molecular weight is 455 g/mol. The second-order valence-corrected chi connectivity index (χ2v) is 8.14. The lowest BCUT2D eigenvalue weighted by Gasteiger charge is -2.34. The fraction of sp³-hybridized carbons (Fsp3) is 0.536. The predicted octanol–water partition coefficient (Wildman–Crippen LogP) is 5.22. The molecule has 0 aromatic heterocycles. The first-order chi connectivity index (χ1) is 16.1. The number of benzene rings is 2. The summed E-state index contributed by atoms with van der Waals surface area (Å²) < 4.78 is 12.8. The molecular formula is C28H42N2O3. The van der Waals surface area contributed by atoms with Crippen molar-refractivity contribution >= 4 is 5.78 Å². The molecule has 0 aliphatic rings. The van der Waals surface area contributed by atoms with Crippen LogP contribution in [-0.2, 0) is 15.3 Å². The third-order valence-electron chi connectivity index (χ3n) is 6.16. The maximum atomic E-state index is 13.9. The zero-order chi connectivity index (χ0) is 23.9. The summed E-state index contributed by atoms with van der Waals surface area (Å²) in [5.41, 5.74) is 1.33. The molecule has 182 valence electrons. The molecule has 0 spiro atoms. The van der Waals surface area contributed by atoms with Crippen molar-refractivity contribution < 1.29 is 14.3 Å².